The molecule has 1 atom stereocenters. The lowest BCUT2D eigenvalue weighted by atomic mass is 10.0. The number of imide groups is 2. The first-order chi connectivity index (χ1) is 14.5. The van der Waals surface area contributed by atoms with E-state index < -0.39 is 29.7 Å². The maximum atomic E-state index is 13.1. The van der Waals surface area contributed by atoms with Crippen LogP contribution in [-0.2, 0) is 16.1 Å². The molecular weight excluding hydrogens is 408 g/mol. The number of carbonyl (C=O) groups is 4. The Morgan fingerprint density at radius 1 is 1.17 bits per heavy atom. The first kappa shape index (κ1) is 18.8. The average molecular weight is 426 g/mol. The molecule has 3 aliphatic heterocycles. The number of piperidine rings is 1. The summed E-state index contributed by atoms with van der Waals surface area (Å²) < 4.78 is 4.36. The minimum Gasteiger partial charge on any atom is -0.356 e. The number of fused-ring (bicyclic) bond motifs is 1. The van der Waals surface area contributed by atoms with Crippen LogP contribution < -0.4 is 16.0 Å². The van der Waals surface area contributed by atoms with Crippen LogP contribution >= 0.6 is 11.5 Å². The van der Waals surface area contributed by atoms with Crippen molar-refractivity contribution in [1.29, 1.82) is 0 Å². The van der Waals surface area contributed by atoms with E-state index in [-0.39, 0.29) is 24.0 Å². The quantitative estimate of drug-likeness (QED) is 0.579. The Kier molecular flexibility index (Phi) is 4.55. The average Bonchev–Trinajstić information content (AvgIpc) is 3.23. The van der Waals surface area contributed by atoms with Crippen molar-refractivity contribution in [3.05, 3.63) is 40.7 Å². The van der Waals surface area contributed by atoms with Crippen LogP contribution in [0.3, 0.4) is 0 Å². The number of rotatable bonds is 5. The molecule has 1 unspecified atom stereocenters. The molecule has 2 saturated heterocycles. The Balaban J connectivity index is 1.36. The van der Waals surface area contributed by atoms with Gasteiger partial charge in [-0.2, -0.15) is 4.37 Å². The highest BCUT2D eigenvalue weighted by Gasteiger charge is 2.45. The van der Waals surface area contributed by atoms with Crippen molar-refractivity contribution < 1.29 is 19.2 Å². The molecule has 11 heteroatoms. The highest BCUT2D eigenvalue weighted by atomic mass is 32.1. The van der Waals surface area contributed by atoms with Gasteiger partial charge in [0.05, 0.1) is 11.1 Å². The van der Waals surface area contributed by atoms with E-state index in [1.165, 1.54) is 11.5 Å². The van der Waals surface area contributed by atoms with Crippen LogP contribution in [0.1, 0.15) is 50.9 Å². The third-order valence-corrected chi connectivity index (χ3v) is 6.26. The second-order valence-electron chi connectivity index (χ2n) is 7.45. The predicted molar refractivity (Wildman–Crippen MR) is 106 cm³/mol. The van der Waals surface area contributed by atoms with Crippen LogP contribution in [0, 0.1) is 0 Å². The fourth-order valence-electron chi connectivity index (χ4n) is 3.85. The smallest absolute Gasteiger partial charge is 0.262 e. The third kappa shape index (κ3) is 3.06. The van der Waals surface area contributed by atoms with E-state index in [9.17, 15) is 19.2 Å². The molecule has 0 saturated carbocycles. The first-order valence-electron chi connectivity index (χ1n) is 9.64. The molecule has 4 heterocycles. The lowest BCUT2D eigenvalue weighted by Gasteiger charge is -2.27. The lowest BCUT2D eigenvalue weighted by Crippen LogP contribution is -2.54. The molecular formula is C19H18N6O4S. The fourth-order valence-corrected chi connectivity index (χ4v) is 4.49. The van der Waals surface area contributed by atoms with Crippen molar-refractivity contribution in [2.45, 2.75) is 31.3 Å². The van der Waals surface area contributed by atoms with E-state index in [4.69, 9.17) is 0 Å². The standard InChI is InChI=1S/C19H18N6O4S/c26-13-5-4-12(16(27)22-13)25-17(28)11-3-1-2-9(14(11)18(25)29)8-21-19-23-15(24-30-19)10-6-20-7-10/h1-3,10,12,20H,4-8H2,(H,21,23,24)(H,22,26,27). The van der Waals surface area contributed by atoms with Gasteiger partial charge < -0.3 is 10.6 Å². The van der Waals surface area contributed by atoms with Crippen molar-refractivity contribution >= 4 is 40.3 Å². The molecule has 154 valence electrons. The number of hydrogen-bond acceptors (Lipinski definition) is 9. The number of nitrogens with one attached hydrogen (secondary N) is 3. The maximum Gasteiger partial charge on any atom is 0.262 e. The van der Waals surface area contributed by atoms with Gasteiger partial charge >= 0.3 is 0 Å². The fraction of sp³-hybridized carbons (Fsp3) is 0.368. The van der Waals surface area contributed by atoms with Gasteiger partial charge in [0, 0.05) is 43.5 Å². The van der Waals surface area contributed by atoms with Gasteiger partial charge in [0.15, 0.2) is 0 Å². The van der Waals surface area contributed by atoms with Gasteiger partial charge in [0.2, 0.25) is 16.9 Å². The zero-order valence-corrected chi connectivity index (χ0v) is 16.6. The summed E-state index contributed by atoms with van der Waals surface area (Å²) in [5.74, 6) is -0.907. The Bertz CT molecular complexity index is 1080. The number of benzene rings is 1. The summed E-state index contributed by atoms with van der Waals surface area (Å²) in [6.45, 7) is 2.03. The second kappa shape index (κ2) is 7.26. The summed E-state index contributed by atoms with van der Waals surface area (Å²) in [6.07, 6.45) is 0.224. The largest absolute Gasteiger partial charge is 0.356 e. The second-order valence-corrected chi connectivity index (χ2v) is 8.21. The van der Waals surface area contributed by atoms with Crippen molar-refractivity contribution in [3.8, 4) is 0 Å². The van der Waals surface area contributed by atoms with Gasteiger partial charge in [-0.1, -0.05) is 12.1 Å². The van der Waals surface area contributed by atoms with Crippen LogP contribution in [-0.4, -0.2) is 57.0 Å². The summed E-state index contributed by atoms with van der Waals surface area (Å²) in [5.41, 5.74) is 1.19. The van der Waals surface area contributed by atoms with E-state index in [1.54, 1.807) is 18.2 Å². The summed E-state index contributed by atoms with van der Waals surface area (Å²) in [5, 5.41) is 9.21. The van der Waals surface area contributed by atoms with Gasteiger partial charge in [-0.3, -0.25) is 29.4 Å². The molecule has 4 amide bonds. The molecule has 5 rings (SSSR count). The van der Waals surface area contributed by atoms with Gasteiger partial charge in [0.25, 0.3) is 11.8 Å². The topological polar surface area (TPSA) is 133 Å². The van der Waals surface area contributed by atoms with E-state index in [0.717, 1.165) is 23.8 Å². The predicted octanol–water partition coefficient (Wildman–Crippen LogP) is 0.238. The summed E-state index contributed by atoms with van der Waals surface area (Å²) in [6, 6.07) is 4.08. The molecule has 1 aromatic heterocycles. The molecule has 0 spiro atoms. The third-order valence-electron chi connectivity index (χ3n) is 5.57. The highest BCUT2D eigenvalue weighted by Crippen LogP contribution is 2.30. The van der Waals surface area contributed by atoms with Gasteiger partial charge in [-0.25, -0.2) is 4.98 Å². The van der Waals surface area contributed by atoms with E-state index >= 15 is 0 Å². The van der Waals surface area contributed by atoms with Crippen LogP contribution in [0.25, 0.3) is 0 Å². The highest BCUT2D eigenvalue weighted by molar-refractivity contribution is 7.09. The van der Waals surface area contributed by atoms with Crippen molar-refractivity contribution in [2.75, 3.05) is 18.4 Å². The molecule has 10 nitrogen and oxygen atoms in total. The molecule has 0 aliphatic carbocycles. The van der Waals surface area contributed by atoms with Crippen LogP contribution in [0.2, 0.25) is 0 Å². The van der Waals surface area contributed by atoms with E-state index in [2.05, 4.69) is 25.3 Å². The van der Waals surface area contributed by atoms with Crippen LogP contribution in [0.5, 0.6) is 0 Å². The Hall–Kier alpha value is -3.18. The number of aromatic nitrogens is 2. The minimum atomic E-state index is -0.974. The lowest BCUT2D eigenvalue weighted by molar-refractivity contribution is -0.136. The molecule has 30 heavy (non-hydrogen) atoms. The van der Waals surface area contributed by atoms with Gasteiger partial charge in [-0.05, 0) is 18.1 Å². The zero-order valence-electron chi connectivity index (χ0n) is 15.8. The molecule has 3 N–H and O–H groups in total. The normalized spacial score (nSPS) is 21.5. The molecule has 0 radical (unpaired) electrons. The van der Waals surface area contributed by atoms with Crippen molar-refractivity contribution in [3.63, 3.8) is 0 Å². The minimum absolute atomic E-state index is 0.0914. The maximum absolute atomic E-state index is 13.1. The van der Waals surface area contributed by atoms with E-state index in [0.29, 0.717) is 23.2 Å². The van der Waals surface area contributed by atoms with Gasteiger partial charge in [-0.15, -0.1) is 0 Å². The first-order valence-corrected chi connectivity index (χ1v) is 10.4. The zero-order chi connectivity index (χ0) is 20.8. The summed E-state index contributed by atoms with van der Waals surface area (Å²) >= 11 is 1.26. The Morgan fingerprint density at radius 2 is 2.00 bits per heavy atom. The number of amides is 4. The Morgan fingerprint density at radius 3 is 2.73 bits per heavy atom. The monoisotopic (exact) mass is 426 g/mol. The molecule has 1 aromatic carbocycles. The number of nitrogens with zero attached hydrogens (tertiary/aromatic N) is 3. The number of hydrogen-bond donors (Lipinski definition) is 3. The summed E-state index contributed by atoms with van der Waals surface area (Å²) in [4.78, 5) is 55.0. The van der Waals surface area contributed by atoms with Crippen LogP contribution in [0.15, 0.2) is 18.2 Å². The molecule has 2 aromatic rings. The molecule has 2 fully saturated rings. The number of anilines is 1. The summed E-state index contributed by atoms with van der Waals surface area (Å²) in [7, 11) is 0. The van der Waals surface area contributed by atoms with Crippen molar-refractivity contribution in [2.24, 2.45) is 0 Å². The van der Waals surface area contributed by atoms with E-state index in [1.807, 2.05) is 0 Å². The van der Waals surface area contributed by atoms with Crippen LogP contribution in [0.4, 0.5) is 5.13 Å². The van der Waals surface area contributed by atoms with Gasteiger partial charge in [0.1, 0.15) is 11.9 Å². The SMILES string of the molecule is O=C1CCC(N2C(=O)c3cccc(CNc4nc(C5CNC5)ns4)c3C2=O)C(=O)N1. The molecule has 3 aliphatic rings. The Labute approximate surface area is 175 Å². The molecule has 0 bridgehead atoms. The van der Waals surface area contributed by atoms with Crippen molar-refractivity contribution in [1.82, 2.24) is 24.9 Å². The number of carbonyl (C=O) groups excluding carboxylic acids is 4.